The Morgan fingerprint density at radius 1 is 1.43 bits per heavy atom. The Balaban J connectivity index is 2.26. The molecule has 1 heterocycles. The molecule has 0 bridgehead atoms. The van der Waals surface area contributed by atoms with Gasteiger partial charge in [-0.25, -0.2) is 4.79 Å². The number of rotatable bonds is 3. The standard InChI is InChI=1S/C10H17NO3/c1-10(2,3)4-5-11-7-6-8(12)14-9(7)13/h7,11H,4-6H2,1-3H3/t7-/m0/s1. The van der Waals surface area contributed by atoms with Gasteiger partial charge in [-0.1, -0.05) is 20.8 Å². The summed E-state index contributed by atoms with van der Waals surface area (Å²) < 4.78 is 4.42. The summed E-state index contributed by atoms with van der Waals surface area (Å²) in [5.74, 6) is -0.868. The van der Waals surface area contributed by atoms with Crippen LogP contribution in [0.1, 0.15) is 33.6 Å². The van der Waals surface area contributed by atoms with E-state index in [1.165, 1.54) is 0 Å². The van der Waals surface area contributed by atoms with Crippen LogP contribution >= 0.6 is 0 Å². The molecule has 1 fully saturated rings. The number of carbonyl (C=O) groups excluding carboxylic acids is 2. The van der Waals surface area contributed by atoms with Crippen molar-refractivity contribution in [3.05, 3.63) is 0 Å². The summed E-state index contributed by atoms with van der Waals surface area (Å²) in [6.07, 6.45) is 1.13. The highest BCUT2D eigenvalue weighted by Crippen LogP contribution is 2.17. The van der Waals surface area contributed by atoms with Crippen LogP contribution in [-0.2, 0) is 14.3 Å². The van der Waals surface area contributed by atoms with Crippen molar-refractivity contribution in [2.24, 2.45) is 5.41 Å². The largest absolute Gasteiger partial charge is 0.392 e. The molecular formula is C10H17NO3. The Kier molecular flexibility index (Phi) is 3.26. The molecule has 0 radical (unpaired) electrons. The molecule has 1 aliphatic heterocycles. The molecule has 0 saturated carbocycles. The van der Waals surface area contributed by atoms with Crippen LogP contribution in [0.4, 0.5) is 0 Å². The van der Waals surface area contributed by atoms with Crippen LogP contribution in [-0.4, -0.2) is 24.5 Å². The summed E-state index contributed by atoms with van der Waals surface area (Å²) in [6.45, 7) is 7.13. The fourth-order valence-corrected chi connectivity index (χ4v) is 1.25. The molecule has 0 amide bonds. The maximum atomic E-state index is 11.0. The van der Waals surface area contributed by atoms with Gasteiger partial charge in [0.15, 0.2) is 0 Å². The lowest BCUT2D eigenvalue weighted by Gasteiger charge is -2.18. The number of hydrogen-bond donors (Lipinski definition) is 1. The van der Waals surface area contributed by atoms with E-state index < -0.39 is 18.0 Å². The molecule has 1 aliphatic rings. The minimum atomic E-state index is -0.441. The van der Waals surface area contributed by atoms with Crippen LogP contribution in [0.25, 0.3) is 0 Å². The maximum Gasteiger partial charge on any atom is 0.331 e. The molecular weight excluding hydrogens is 182 g/mol. The second kappa shape index (κ2) is 4.09. The van der Waals surface area contributed by atoms with Crippen molar-refractivity contribution in [2.75, 3.05) is 6.54 Å². The smallest absolute Gasteiger partial charge is 0.331 e. The highest BCUT2D eigenvalue weighted by Gasteiger charge is 2.32. The lowest BCUT2D eigenvalue weighted by Crippen LogP contribution is -2.35. The van der Waals surface area contributed by atoms with E-state index in [-0.39, 0.29) is 11.8 Å². The van der Waals surface area contributed by atoms with Crippen LogP contribution in [0.2, 0.25) is 0 Å². The van der Waals surface area contributed by atoms with Gasteiger partial charge in [0.05, 0.1) is 6.42 Å². The fourth-order valence-electron chi connectivity index (χ4n) is 1.25. The van der Waals surface area contributed by atoms with E-state index in [0.717, 1.165) is 13.0 Å². The second-order valence-electron chi connectivity index (χ2n) is 4.81. The summed E-state index contributed by atoms with van der Waals surface area (Å²) in [5, 5.41) is 3.02. The zero-order valence-electron chi connectivity index (χ0n) is 8.92. The van der Waals surface area contributed by atoms with Crippen LogP contribution in [0.3, 0.4) is 0 Å². The van der Waals surface area contributed by atoms with Crippen molar-refractivity contribution in [1.82, 2.24) is 5.32 Å². The van der Waals surface area contributed by atoms with Gasteiger partial charge in [-0.05, 0) is 18.4 Å². The van der Waals surface area contributed by atoms with Crippen LogP contribution in [0, 0.1) is 5.41 Å². The van der Waals surface area contributed by atoms with Gasteiger partial charge in [-0.3, -0.25) is 4.79 Å². The molecule has 0 aromatic carbocycles. The molecule has 0 unspecified atom stereocenters. The molecule has 1 atom stereocenters. The van der Waals surface area contributed by atoms with Gasteiger partial charge in [-0.2, -0.15) is 0 Å². The Bertz CT molecular complexity index is 242. The highest BCUT2D eigenvalue weighted by molar-refractivity contribution is 5.96. The normalized spacial score (nSPS) is 22.6. The monoisotopic (exact) mass is 199 g/mol. The van der Waals surface area contributed by atoms with Gasteiger partial charge in [0.1, 0.15) is 6.04 Å². The number of esters is 2. The van der Waals surface area contributed by atoms with Crippen molar-refractivity contribution in [1.29, 1.82) is 0 Å². The summed E-state index contributed by atoms with van der Waals surface area (Å²) >= 11 is 0. The van der Waals surface area contributed by atoms with E-state index >= 15 is 0 Å². The van der Waals surface area contributed by atoms with Gasteiger partial charge in [0, 0.05) is 0 Å². The SMILES string of the molecule is CC(C)(C)CCN[C@H]1CC(=O)OC1=O. The van der Waals surface area contributed by atoms with Gasteiger partial charge in [0.25, 0.3) is 0 Å². The second-order valence-corrected chi connectivity index (χ2v) is 4.81. The predicted molar refractivity (Wildman–Crippen MR) is 51.6 cm³/mol. The molecule has 4 heteroatoms. The van der Waals surface area contributed by atoms with Gasteiger partial charge < -0.3 is 10.1 Å². The predicted octanol–water partition coefficient (Wildman–Crippen LogP) is 0.854. The zero-order chi connectivity index (χ0) is 10.8. The molecule has 0 aliphatic carbocycles. The minimum Gasteiger partial charge on any atom is -0.392 e. The quantitative estimate of drug-likeness (QED) is 0.541. The number of cyclic esters (lactones) is 2. The van der Waals surface area contributed by atoms with Crippen molar-refractivity contribution < 1.29 is 14.3 Å². The zero-order valence-corrected chi connectivity index (χ0v) is 8.92. The van der Waals surface area contributed by atoms with E-state index in [4.69, 9.17) is 0 Å². The fraction of sp³-hybridized carbons (Fsp3) is 0.800. The molecule has 14 heavy (non-hydrogen) atoms. The van der Waals surface area contributed by atoms with Crippen LogP contribution in [0.15, 0.2) is 0 Å². The van der Waals surface area contributed by atoms with Crippen molar-refractivity contribution in [3.63, 3.8) is 0 Å². The van der Waals surface area contributed by atoms with E-state index in [1.54, 1.807) is 0 Å². The first-order chi connectivity index (χ1) is 6.38. The Morgan fingerprint density at radius 2 is 2.07 bits per heavy atom. The van der Waals surface area contributed by atoms with Crippen molar-refractivity contribution >= 4 is 11.9 Å². The van der Waals surface area contributed by atoms with E-state index in [0.29, 0.717) is 0 Å². The Labute approximate surface area is 84.0 Å². The summed E-state index contributed by atoms with van der Waals surface area (Å²) in [5.41, 5.74) is 0.236. The molecule has 80 valence electrons. The number of ether oxygens (including phenoxy) is 1. The van der Waals surface area contributed by atoms with Crippen LogP contribution < -0.4 is 5.32 Å². The lowest BCUT2D eigenvalue weighted by atomic mass is 9.92. The van der Waals surface area contributed by atoms with E-state index in [2.05, 4.69) is 30.8 Å². The summed E-state index contributed by atoms with van der Waals surface area (Å²) in [4.78, 5) is 21.8. The minimum absolute atomic E-state index is 0.170. The lowest BCUT2D eigenvalue weighted by molar-refractivity contribution is -0.152. The molecule has 0 aromatic heterocycles. The average molecular weight is 199 g/mol. The topological polar surface area (TPSA) is 55.4 Å². The van der Waals surface area contributed by atoms with Crippen molar-refractivity contribution in [3.8, 4) is 0 Å². The molecule has 0 spiro atoms. The number of nitrogens with one attached hydrogen (secondary N) is 1. The number of carbonyl (C=O) groups is 2. The molecule has 1 rings (SSSR count). The van der Waals surface area contributed by atoms with Gasteiger partial charge in [0.2, 0.25) is 0 Å². The van der Waals surface area contributed by atoms with Crippen LogP contribution in [0.5, 0.6) is 0 Å². The summed E-state index contributed by atoms with van der Waals surface area (Å²) in [6, 6.07) is -0.426. The number of hydrogen-bond acceptors (Lipinski definition) is 4. The Morgan fingerprint density at radius 3 is 2.50 bits per heavy atom. The first kappa shape index (κ1) is 11.2. The maximum absolute atomic E-state index is 11.0. The van der Waals surface area contributed by atoms with Gasteiger partial charge in [-0.15, -0.1) is 0 Å². The third-order valence-electron chi connectivity index (χ3n) is 2.14. The van der Waals surface area contributed by atoms with E-state index in [9.17, 15) is 9.59 Å². The molecule has 4 nitrogen and oxygen atoms in total. The first-order valence-electron chi connectivity index (χ1n) is 4.86. The molecule has 1 N–H and O–H groups in total. The summed E-state index contributed by atoms with van der Waals surface area (Å²) in [7, 11) is 0. The molecule has 1 saturated heterocycles. The highest BCUT2D eigenvalue weighted by atomic mass is 16.6. The third kappa shape index (κ3) is 3.46. The van der Waals surface area contributed by atoms with E-state index in [1.807, 2.05) is 0 Å². The Hall–Kier alpha value is -0.900. The van der Waals surface area contributed by atoms with Gasteiger partial charge >= 0.3 is 11.9 Å². The molecule has 0 aromatic rings. The van der Waals surface area contributed by atoms with Crippen molar-refractivity contribution in [2.45, 2.75) is 39.7 Å². The first-order valence-corrected chi connectivity index (χ1v) is 4.86. The third-order valence-corrected chi connectivity index (χ3v) is 2.14. The average Bonchev–Trinajstić information content (AvgIpc) is 2.27.